The van der Waals surface area contributed by atoms with E-state index >= 15 is 0 Å². The third-order valence-electron chi connectivity index (χ3n) is 1.44. The first kappa shape index (κ1) is 8.97. The van der Waals surface area contributed by atoms with E-state index in [2.05, 4.69) is 13.0 Å². The molecule has 54 valence electrons. The fourth-order valence-corrected chi connectivity index (χ4v) is 0.632. The maximum Gasteiger partial charge on any atom is 0.0990 e. The van der Waals surface area contributed by atoms with Crippen LogP contribution in [0.2, 0.25) is 0 Å². The third kappa shape index (κ3) is 2.50. The van der Waals surface area contributed by atoms with Crippen molar-refractivity contribution in [3.63, 3.8) is 0 Å². The van der Waals surface area contributed by atoms with Gasteiger partial charge < -0.3 is 0 Å². The van der Waals surface area contributed by atoms with Crippen LogP contribution < -0.4 is 0 Å². The van der Waals surface area contributed by atoms with Crippen molar-refractivity contribution in [1.29, 1.82) is 5.26 Å². The molecular weight excluding hydrogens is 122 g/mol. The smallest absolute Gasteiger partial charge is 0.0990 e. The Kier molecular flexibility index (Phi) is 4.32. The van der Waals surface area contributed by atoms with Gasteiger partial charge in [0.2, 0.25) is 0 Å². The van der Waals surface area contributed by atoms with Crippen LogP contribution in [0.1, 0.15) is 27.2 Å². The molecule has 0 saturated heterocycles. The van der Waals surface area contributed by atoms with E-state index in [-0.39, 0.29) is 0 Å². The molecule has 0 N–H and O–H groups in total. The quantitative estimate of drug-likeness (QED) is 0.422. The van der Waals surface area contributed by atoms with Crippen LogP contribution in [0.25, 0.3) is 0 Å². The predicted molar refractivity (Wildman–Crippen MR) is 43.4 cm³/mol. The highest BCUT2D eigenvalue weighted by atomic mass is 14.2. The van der Waals surface area contributed by atoms with Crippen LogP contribution in [0.3, 0.4) is 0 Å². The topological polar surface area (TPSA) is 23.8 Å². The number of hydrogen-bond acceptors (Lipinski definition) is 1. The van der Waals surface area contributed by atoms with E-state index < -0.39 is 0 Å². The Morgan fingerprint density at radius 1 is 1.60 bits per heavy atom. The van der Waals surface area contributed by atoms with Gasteiger partial charge in [-0.2, -0.15) is 5.26 Å². The predicted octanol–water partition coefficient (Wildman–Crippen LogP) is 2.81. The van der Waals surface area contributed by atoms with Crippen LogP contribution in [0, 0.1) is 11.3 Å². The molecule has 0 aromatic carbocycles. The standard InChI is InChI=1S/C9H13N/c1-4-6-9(7-10)8(3)5-2/h4,6H,5H2,1-3H3/b6-4+,9-8+. The molecule has 0 fully saturated rings. The normalized spacial score (nSPS) is 13.0. The van der Waals surface area contributed by atoms with E-state index in [9.17, 15) is 0 Å². The SMILES string of the molecule is C/C=C/C(C#N)=C(/C)CC. The van der Waals surface area contributed by atoms with Gasteiger partial charge in [-0.1, -0.05) is 18.6 Å². The summed E-state index contributed by atoms with van der Waals surface area (Å²) >= 11 is 0. The maximum atomic E-state index is 8.60. The number of hydrogen-bond donors (Lipinski definition) is 0. The van der Waals surface area contributed by atoms with Crippen molar-refractivity contribution in [1.82, 2.24) is 0 Å². The Bertz CT molecular complexity index is 191. The van der Waals surface area contributed by atoms with E-state index in [0.717, 1.165) is 17.6 Å². The Morgan fingerprint density at radius 3 is 2.50 bits per heavy atom. The third-order valence-corrected chi connectivity index (χ3v) is 1.44. The first-order valence-electron chi connectivity index (χ1n) is 3.48. The number of nitriles is 1. The van der Waals surface area contributed by atoms with Gasteiger partial charge in [-0.05, 0) is 26.3 Å². The summed E-state index contributed by atoms with van der Waals surface area (Å²) in [4.78, 5) is 0. The molecule has 0 saturated carbocycles. The molecule has 0 unspecified atom stereocenters. The molecule has 0 radical (unpaired) electrons. The van der Waals surface area contributed by atoms with Crippen molar-refractivity contribution in [3.8, 4) is 6.07 Å². The second-order valence-electron chi connectivity index (χ2n) is 2.16. The lowest BCUT2D eigenvalue weighted by Gasteiger charge is -1.94. The average Bonchev–Trinajstić information content (AvgIpc) is 1.99. The molecule has 0 aliphatic rings. The lowest BCUT2D eigenvalue weighted by molar-refractivity contribution is 1.08. The molecule has 0 rings (SSSR count). The summed E-state index contributed by atoms with van der Waals surface area (Å²) < 4.78 is 0. The van der Waals surface area contributed by atoms with Crippen LogP contribution in [0.5, 0.6) is 0 Å². The lowest BCUT2D eigenvalue weighted by Crippen LogP contribution is -1.79. The second kappa shape index (κ2) is 4.81. The lowest BCUT2D eigenvalue weighted by atomic mass is 10.1. The first-order valence-corrected chi connectivity index (χ1v) is 3.48. The zero-order valence-electron chi connectivity index (χ0n) is 6.81. The molecule has 10 heavy (non-hydrogen) atoms. The van der Waals surface area contributed by atoms with Gasteiger partial charge in [0, 0.05) is 0 Å². The van der Waals surface area contributed by atoms with E-state index in [0.29, 0.717) is 0 Å². The summed E-state index contributed by atoms with van der Waals surface area (Å²) in [7, 11) is 0. The van der Waals surface area contributed by atoms with Gasteiger partial charge in [-0.15, -0.1) is 0 Å². The minimum absolute atomic E-state index is 0.796. The fraction of sp³-hybridized carbons (Fsp3) is 0.444. The van der Waals surface area contributed by atoms with Gasteiger partial charge in [0.15, 0.2) is 0 Å². The molecule has 0 spiro atoms. The highest BCUT2D eigenvalue weighted by Crippen LogP contribution is 2.07. The zero-order valence-corrected chi connectivity index (χ0v) is 6.81. The number of rotatable bonds is 2. The second-order valence-corrected chi connectivity index (χ2v) is 2.16. The summed E-state index contributed by atoms with van der Waals surface area (Å²) in [5.41, 5.74) is 1.95. The summed E-state index contributed by atoms with van der Waals surface area (Å²) in [6.07, 6.45) is 4.68. The molecule has 0 aliphatic carbocycles. The summed E-state index contributed by atoms with van der Waals surface area (Å²) in [5.74, 6) is 0. The van der Waals surface area contributed by atoms with Gasteiger partial charge in [-0.25, -0.2) is 0 Å². The molecule has 1 nitrogen and oxygen atoms in total. The molecule has 0 heterocycles. The van der Waals surface area contributed by atoms with Crippen molar-refractivity contribution >= 4 is 0 Å². The minimum atomic E-state index is 0.796. The monoisotopic (exact) mass is 135 g/mol. The van der Waals surface area contributed by atoms with Gasteiger partial charge >= 0.3 is 0 Å². The van der Waals surface area contributed by atoms with Crippen LogP contribution in [-0.4, -0.2) is 0 Å². The largest absolute Gasteiger partial charge is 0.192 e. The Hall–Kier alpha value is -1.03. The van der Waals surface area contributed by atoms with E-state index in [4.69, 9.17) is 5.26 Å². The highest BCUT2D eigenvalue weighted by molar-refractivity contribution is 5.36. The van der Waals surface area contributed by atoms with E-state index in [1.165, 1.54) is 0 Å². The van der Waals surface area contributed by atoms with Crippen molar-refractivity contribution < 1.29 is 0 Å². The molecule has 0 aliphatic heterocycles. The highest BCUT2D eigenvalue weighted by Gasteiger charge is 1.92. The summed E-state index contributed by atoms with van der Waals surface area (Å²) in [6.45, 7) is 5.95. The molecular formula is C9H13N. The van der Waals surface area contributed by atoms with Crippen LogP contribution in [0.15, 0.2) is 23.3 Å². The molecule has 0 atom stereocenters. The maximum absolute atomic E-state index is 8.60. The zero-order chi connectivity index (χ0) is 7.98. The van der Waals surface area contributed by atoms with Crippen molar-refractivity contribution in [2.75, 3.05) is 0 Å². The molecule has 0 aromatic heterocycles. The van der Waals surface area contributed by atoms with Crippen LogP contribution in [-0.2, 0) is 0 Å². The average molecular weight is 135 g/mol. The molecule has 0 bridgehead atoms. The van der Waals surface area contributed by atoms with Gasteiger partial charge in [0.05, 0.1) is 11.6 Å². The fourth-order valence-electron chi connectivity index (χ4n) is 0.632. The molecule has 0 aromatic rings. The Balaban J connectivity index is 4.50. The van der Waals surface area contributed by atoms with Gasteiger partial charge in [0.1, 0.15) is 0 Å². The van der Waals surface area contributed by atoms with Crippen LogP contribution in [0.4, 0.5) is 0 Å². The van der Waals surface area contributed by atoms with E-state index in [1.54, 1.807) is 0 Å². The summed E-state index contributed by atoms with van der Waals surface area (Å²) in [5, 5.41) is 8.60. The summed E-state index contributed by atoms with van der Waals surface area (Å²) in [6, 6.07) is 2.15. The van der Waals surface area contributed by atoms with Crippen molar-refractivity contribution in [2.45, 2.75) is 27.2 Å². The number of allylic oxidation sites excluding steroid dienone is 4. The Morgan fingerprint density at radius 2 is 2.20 bits per heavy atom. The van der Waals surface area contributed by atoms with Crippen molar-refractivity contribution in [3.05, 3.63) is 23.3 Å². The minimum Gasteiger partial charge on any atom is -0.192 e. The number of nitrogens with zero attached hydrogens (tertiary/aromatic N) is 1. The van der Waals surface area contributed by atoms with E-state index in [1.807, 2.05) is 26.0 Å². The Labute approximate surface area is 62.7 Å². The van der Waals surface area contributed by atoms with Gasteiger partial charge in [-0.3, -0.25) is 0 Å². The van der Waals surface area contributed by atoms with Gasteiger partial charge in [0.25, 0.3) is 0 Å². The van der Waals surface area contributed by atoms with Crippen molar-refractivity contribution in [2.24, 2.45) is 0 Å². The molecule has 1 heteroatoms. The van der Waals surface area contributed by atoms with Crippen LogP contribution >= 0.6 is 0 Å². The molecule has 0 amide bonds. The first-order chi connectivity index (χ1) is 4.76.